The molecule has 4 heteroatoms. The van der Waals surface area contributed by atoms with Crippen LogP contribution >= 0.6 is 0 Å². The molecule has 0 aliphatic heterocycles. The Labute approximate surface area is 115 Å². The zero-order valence-electron chi connectivity index (χ0n) is 11.7. The first-order valence-electron chi connectivity index (χ1n) is 6.97. The molecule has 19 heavy (non-hydrogen) atoms. The van der Waals surface area contributed by atoms with Crippen molar-refractivity contribution in [3.8, 4) is 5.75 Å². The van der Waals surface area contributed by atoms with Crippen molar-refractivity contribution < 1.29 is 9.53 Å². The van der Waals surface area contributed by atoms with Gasteiger partial charge in [-0.2, -0.15) is 0 Å². The maximum Gasteiger partial charge on any atom is 0.193 e. The summed E-state index contributed by atoms with van der Waals surface area (Å²) < 4.78 is 5.63. The zero-order chi connectivity index (χ0) is 14.1. The SMILES string of the molecule is CCCCCCCCOc1cc2cc(c1)C2=O.NN. The number of carbonyl (C=O) groups is 1. The Morgan fingerprint density at radius 1 is 0.947 bits per heavy atom. The van der Waals surface area contributed by atoms with E-state index in [9.17, 15) is 4.79 Å². The van der Waals surface area contributed by atoms with E-state index in [1.54, 1.807) is 0 Å². The molecular formula is C15H24N2O2. The number of ether oxygens (including phenoxy) is 1. The van der Waals surface area contributed by atoms with Crippen LogP contribution in [-0.4, -0.2) is 12.4 Å². The summed E-state index contributed by atoms with van der Waals surface area (Å²) in [5.41, 5.74) is 1.58. The number of benzene rings is 1. The molecule has 0 aromatic heterocycles. The van der Waals surface area contributed by atoms with Crippen LogP contribution in [0.25, 0.3) is 0 Å². The Morgan fingerprint density at radius 3 is 2.11 bits per heavy atom. The van der Waals surface area contributed by atoms with Gasteiger partial charge in [0.15, 0.2) is 5.78 Å². The van der Waals surface area contributed by atoms with E-state index in [1.165, 1.54) is 32.1 Å². The number of nitrogens with two attached hydrogens (primary N) is 2. The Hall–Kier alpha value is -1.39. The second kappa shape index (κ2) is 8.67. The van der Waals surface area contributed by atoms with E-state index < -0.39 is 0 Å². The van der Waals surface area contributed by atoms with E-state index in [4.69, 9.17) is 4.74 Å². The highest BCUT2D eigenvalue weighted by atomic mass is 16.5. The van der Waals surface area contributed by atoms with Gasteiger partial charge in [-0.3, -0.25) is 16.5 Å². The summed E-state index contributed by atoms with van der Waals surface area (Å²) in [4.78, 5) is 11.2. The average Bonchev–Trinajstić information content (AvgIpc) is 2.48. The van der Waals surface area contributed by atoms with Crippen molar-refractivity contribution in [2.24, 2.45) is 11.7 Å². The van der Waals surface area contributed by atoms with Gasteiger partial charge in [-0.15, -0.1) is 0 Å². The summed E-state index contributed by atoms with van der Waals surface area (Å²) in [6, 6.07) is 5.58. The first-order chi connectivity index (χ1) is 9.31. The molecule has 0 atom stereocenters. The molecule has 0 amide bonds. The minimum Gasteiger partial charge on any atom is -0.494 e. The van der Waals surface area contributed by atoms with Crippen molar-refractivity contribution in [3.05, 3.63) is 29.3 Å². The monoisotopic (exact) mass is 264 g/mol. The molecule has 0 fully saturated rings. The molecule has 106 valence electrons. The molecule has 0 spiro atoms. The minimum atomic E-state index is 0.164. The number of ketones is 1. The number of unbranched alkanes of at least 4 members (excludes halogenated alkanes) is 5. The molecule has 1 aromatic rings. The summed E-state index contributed by atoms with van der Waals surface area (Å²) in [6.07, 6.45) is 7.63. The number of hydrogen-bond donors (Lipinski definition) is 2. The average molecular weight is 264 g/mol. The lowest BCUT2D eigenvalue weighted by molar-refractivity contribution is 0.102. The lowest BCUT2D eigenvalue weighted by Gasteiger charge is -2.16. The maximum absolute atomic E-state index is 11.2. The van der Waals surface area contributed by atoms with Crippen LogP contribution in [0, 0.1) is 0 Å². The Bertz CT molecular complexity index is 381. The molecule has 4 nitrogen and oxygen atoms in total. The number of hydrogen-bond acceptors (Lipinski definition) is 4. The Morgan fingerprint density at radius 2 is 1.53 bits per heavy atom. The highest BCUT2D eigenvalue weighted by Gasteiger charge is 2.21. The Kier molecular flexibility index (Phi) is 7.15. The zero-order valence-corrected chi connectivity index (χ0v) is 11.7. The van der Waals surface area contributed by atoms with Gasteiger partial charge in [0, 0.05) is 11.1 Å². The highest BCUT2D eigenvalue weighted by Crippen LogP contribution is 2.28. The molecule has 0 radical (unpaired) electrons. The molecule has 0 saturated carbocycles. The summed E-state index contributed by atoms with van der Waals surface area (Å²) in [7, 11) is 0. The van der Waals surface area contributed by atoms with Gasteiger partial charge >= 0.3 is 0 Å². The molecular weight excluding hydrogens is 240 g/mol. The fraction of sp³-hybridized carbons (Fsp3) is 0.533. The molecule has 0 unspecified atom stereocenters. The third kappa shape index (κ3) is 4.65. The first-order valence-corrected chi connectivity index (χ1v) is 6.97. The summed E-state index contributed by atoms with van der Waals surface area (Å²) in [5, 5.41) is 0. The normalized spacial score (nSPS) is 11.4. The van der Waals surface area contributed by atoms with E-state index in [2.05, 4.69) is 18.6 Å². The van der Waals surface area contributed by atoms with E-state index in [1.807, 2.05) is 18.2 Å². The van der Waals surface area contributed by atoms with E-state index >= 15 is 0 Å². The lowest BCUT2D eigenvalue weighted by Crippen LogP contribution is -2.13. The molecule has 2 aliphatic carbocycles. The van der Waals surface area contributed by atoms with Gasteiger partial charge in [0.1, 0.15) is 5.75 Å². The van der Waals surface area contributed by atoms with Crippen LogP contribution in [0.4, 0.5) is 0 Å². The van der Waals surface area contributed by atoms with Crippen LogP contribution < -0.4 is 16.4 Å². The topological polar surface area (TPSA) is 78.3 Å². The van der Waals surface area contributed by atoms with Crippen LogP contribution in [0.2, 0.25) is 0 Å². The third-order valence-corrected chi connectivity index (χ3v) is 3.20. The van der Waals surface area contributed by atoms with Crippen LogP contribution in [-0.2, 0) is 0 Å². The van der Waals surface area contributed by atoms with Crippen molar-refractivity contribution in [2.75, 3.05) is 6.61 Å². The standard InChI is InChI=1S/C15H20O2.H4N2/c1-2-3-4-5-6-7-8-17-14-10-12-9-13(11-14)15(12)16;1-2/h9-11H,2-8H2,1H3;1-2H2. The number of carbonyl (C=O) groups excluding carboxylic acids is 1. The molecule has 0 heterocycles. The summed E-state index contributed by atoms with van der Waals surface area (Å²) in [6.45, 7) is 3.00. The van der Waals surface area contributed by atoms with Gasteiger partial charge in [-0.05, 0) is 24.6 Å². The number of hydrazine groups is 1. The van der Waals surface area contributed by atoms with Gasteiger partial charge in [-0.25, -0.2) is 0 Å². The summed E-state index contributed by atoms with van der Waals surface area (Å²) >= 11 is 0. The molecule has 3 rings (SSSR count). The minimum absolute atomic E-state index is 0.164. The largest absolute Gasteiger partial charge is 0.494 e. The number of rotatable bonds is 8. The van der Waals surface area contributed by atoms with Crippen molar-refractivity contribution in [1.82, 2.24) is 0 Å². The molecule has 1 aromatic carbocycles. The second-order valence-electron chi connectivity index (χ2n) is 4.69. The second-order valence-corrected chi connectivity index (χ2v) is 4.69. The predicted molar refractivity (Wildman–Crippen MR) is 77.1 cm³/mol. The smallest absolute Gasteiger partial charge is 0.193 e. The van der Waals surface area contributed by atoms with E-state index in [0.29, 0.717) is 0 Å². The predicted octanol–water partition coefficient (Wildman–Crippen LogP) is 2.79. The van der Waals surface area contributed by atoms with Gasteiger partial charge in [-0.1, -0.05) is 39.0 Å². The van der Waals surface area contributed by atoms with E-state index in [-0.39, 0.29) is 5.78 Å². The highest BCUT2D eigenvalue weighted by molar-refractivity contribution is 6.16. The maximum atomic E-state index is 11.2. The Balaban J connectivity index is 0.000000861. The van der Waals surface area contributed by atoms with Crippen LogP contribution in [0.15, 0.2) is 18.2 Å². The molecule has 2 bridgehead atoms. The molecule has 4 N–H and O–H groups in total. The van der Waals surface area contributed by atoms with E-state index in [0.717, 1.165) is 29.9 Å². The third-order valence-electron chi connectivity index (χ3n) is 3.20. The fourth-order valence-electron chi connectivity index (χ4n) is 2.11. The fourth-order valence-corrected chi connectivity index (χ4v) is 2.11. The molecule has 2 aliphatic rings. The van der Waals surface area contributed by atoms with Gasteiger partial charge in [0.25, 0.3) is 0 Å². The van der Waals surface area contributed by atoms with Gasteiger partial charge < -0.3 is 4.74 Å². The first kappa shape index (κ1) is 15.7. The van der Waals surface area contributed by atoms with Crippen molar-refractivity contribution in [3.63, 3.8) is 0 Å². The van der Waals surface area contributed by atoms with Crippen LogP contribution in [0.5, 0.6) is 5.75 Å². The summed E-state index contributed by atoms with van der Waals surface area (Å²) in [5.74, 6) is 9.02. The van der Waals surface area contributed by atoms with Gasteiger partial charge in [0.05, 0.1) is 6.61 Å². The van der Waals surface area contributed by atoms with Crippen molar-refractivity contribution >= 4 is 5.78 Å². The lowest BCUT2D eigenvalue weighted by atomic mass is 9.91. The van der Waals surface area contributed by atoms with Crippen molar-refractivity contribution in [1.29, 1.82) is 0 Å². The quantitative estimate of drug-likeness (QED) is 0.436. The number of fused-ring (bicyclic) bond motifs is 2. The van der Waals surface area contributed by atoms with Crippen molar-refractivity contribution in [2.45, 2.75) is 45.4 Å². The molecule has 0 saturated heterocycles. The van der Waals surface area contributed by atoms with Crippen LogP contribution in [0.3, 0.4) is 0 Å². The van der Waals surface area contributed by atoms with Crippen LogP contribution in [0.1, 0.15) is 61.4 Å². The van der Waals surface area contributed by atoms with Gasteiger partial charge in [0.2, 0.25) is 0 Å².